The number of nitrogens with zero attached hydrogens (tertiary/aromatic N) is 2. The molecule has 3 amide bonds. The van der Waals surface area contributed by atoms with Crippen molar-refractivity contribution in [2.24, 2.45) is 0 Å². The predicted octanol–water partition coefficient (Wildman–Crippen LogP) is 3.01. The molecule has 0 unspecified atom stereocenters. The maximum atomic E-state index is 13.2. The Hall–Kier alpha value is -3.50. The van der Waals surface area contributed by atoms with Gasteiger partial charge in [-0.1, -0.05) is 0 Å². The van der Waals surface area contributed by atoms with Gasteiger partial charge in [0, 0.05) is 74.5 Å². The average molecular weight is 498 g/mol. The van der Waals surface area contributed by atoms with Crippen LogP contribution in [0.1, 0.15) is 23.2 Å². The van der Waals surface area contributed by atoms with Crippen LogP contribution in [0.4, 0.5) is 21.9 Å². The molecule has 10 nitrogen and oxygen atoms in total. The number of hydrogen-bond donors (Lipinski definition) is 3. The Bertz CT molecular complexity index is 1030. The van der Waals surface area contributed by atoms with Crippen LogP contribution < -0.4 is 30.3 Å². The number of anilines is 3. The SMILES string of the molecule is COc1cc(NC(=O)Nc2ccc(N3CCCC3)c(C(=O)NCCN3CCOCC3)c2)cc(OC)c1. The number of carbonyl (C=O) groups excluding carboxylic acids is 2. The van der Waals surface area contributed by atoms with E-state index < -0.39 is 6.03 Å². The fourth-order valence-corrected chi connectivity index (χ4v) is 4.45. The monoisotopic (exact) mass is 497 g/mol. The van der Waals surface area contributed by atoms with Crippen LogP contribution in [0.3, 0.4) is 0 Å². The molecule has 10 heteroatoms. The molecule has 2 aliphatic heterocycles. The van der Waals surface area contributed by atoms with Crippen LogP contribution in [0.15, 0.2) is 36.4 Å². The third-order valence-corrected chi connectivity index (χ3v) is 6.37. The van der Waals surface area contributed by atoms with E-state index in [9.17, 15) is 9.59 Å². The normalized spacial score (nSPS) is 15.9. The number of nitrogens with one attached hydrogen (secondary N) is 3. The van der Waals surface area contributed by atoms with Crippen molar-refractivity contribution in [1.82, 2.24) is 10.2 Å². The molecule has 0 bridgehead atoms. The van der Waals surface area contributed by atoms with Gasteiger partial charge in [-0.05, 0) is 31.0 Å². The smallest absolute Gasteiger partial charge is 0.323 e. The Morgan fingerprint density at radius 2 is 1.56 bits per heavy atom. The summed E-state index contributed by atoms with van der Waals surface area (Å²) in [5.41, 5.74) is 2.50. The van der Waals surface area contributed by atoms with Gasteiger partial charge >= 0.3 is 6.03 Å². The first-order valence-corrected chi connectivity index (χ1v) is 12.3. The number of morpholine rings is 1. The quantitative estimate of drug-likeness (QED) is 0.489. The molecule has 2 aromatic rings. The zero-order valence-electron chi connectivity index (χ0n) is 21.0. The van der Waals surface area contributed by atoms with Gasteiger partial charge in [-0.3, -0.25) is 9.69 Å². The second kappa shape index (κ2) is 12.5. The number of benzene rings is 2. The zero-order valence-corrected chi connectivity index (χ0v) is 21.0. The summed E-state index contributed by atoms with van der Waals surface area (Å²) in [7, 11) is 3.10. The maximum Gasteiger partial charge on any atom is 0.323 e. The second-order valence-corrected chi connectivity index (χ2v) is 8.82. The molecule has 0 aromatic heterocycles. The third kappa shape index (κ3) is 6.79. The van der Waals surface area contributed by atoms with Crippen molar-refractivity contribution < 1.29 is 23.8 Å². The summed E-state index contributed by atoms with van der Waals surface area (Å²) in [6, 6.07) is 10.2. The van der Waals surface area contributed by atoms with Gasteiger partial charge in [0.1, 0.15) is 11.5 Å². The molecule has 2 saturated heterocycles. The van der Waals surface area contributed by atoms with E-state index in [4.69, 9.17) is 14.2 Å². The Balaban J connectivity index is 1.44. The summed E-state index contributed by atoms with van der Waals surface area (Å²) in [6.07, 6.45) is 2.20. The van der Waals surface area contributed by atoms with Gasteiger partial charge in [0.25, 0.3) is 5.91 Å². The Morgan fingerprint density at radius 3 is 2.22 bits per heavy atom. The Labute approximate surface area is 211 Å². The standard InChI is InChI=1S/C26H35N5O5/c1-34-21-15-20(16-22(18-21)35-2)29-26(33)28-19-5-6-24(31-8-3-4-9-31)23(17-19)25(32)27-7-10-30-11-13-36-14-12-30/h5-6,15-18H,3-4,7-14H2,1-2H3,(H,27,32)(H2,28,29,33). The number of urea groups is 1. The lowest BCUT2D eigenvalue weighted by Gasteiger charge is -2.26. The fraction of sp³-hybridized carbons (Fsp3) is 0.462. The largest absolute Gasteiger partial charge is 0.497 e. The van der Waals surface area contributed by atoms with E-state index in [1.165, 1.54) is 0 Å². The highest BCUT2D eigenvalue weighted by atomic mass is 16.5. The highest BCUT2D eigenvalue weighted by Crippen LogP contribution is 2.29. The number of rotatable bonds is 9. The third-order valence-electron chi connectivity index (χ3n) is 6.37. The molecule has 0 aliphatic carbocycles. The van der Waals surface area contributed by atoms with Crippen LogP contribution in [0.25, 0.3) is 0 Å². The van der Waals surface area contributed by atoms with Crippen LogP contribution >= 0.6 is 0 Å². The molecular weight excluding hydrogens is 462 g/mol. The van der Waals surface area contributed by atoms with Gasteiger partial charge in [-0.15, -0.1) is 0 Å². The Morgan fingerprint density at radius 1 is 0.889 bits per heavy atom. The average Bonchev–Trinajstić information content (AvgIpc) is 3.43. The minimum atomic E-state index is -0.432. The lowest BCUT2D eigenvalue weighted by atomic mass is 10.1. The summed E-state index contributed by atoms with van der Waals surface area (Å²) >= 11 is 0. The molecule has 2 heterocycles. The highest BCUT2D eigenvalue weighted by Gasteiger charge is 2.21. The first kappa shape index (κ1) is 25.6. The van der Waals surface area contributed by atoms with Crippen molar-refractivity contribution in [3.8, 4) is 11.5 Å². The molecule has 0 spiro atoms. The van der Waals surface area contributed by atoms with Crippen molar-refractivity contribution in [3.63, 3.8) is 0 Å². The van der Waals surface area contributed by atoms with Crippen LogP contribution in [0.5, 0.6) is 11.5 Å². The van der Waals surface area contributed by atoms with E-state index in [-0.39, 0.29) is 5.91 Å². The van der Waals surface area contributed by atoms with Gasteiger partial charge in [0.15, 0.2) is 0 Å². The van der Waals surface area contributed by atoms with E-state index in [2.05, 4.69) is 25.8 Å². The summed E-state index contributed by atoms with van der Waals surface area (Å²) < 4.78 is 15.9. The molecule has 2 aliphatic rings. The highest BCUT2D eigenvalue weighted by molar-refractivity contribution is 6.04. The Kier molecular flexibility index (Phi) is 8.85. The molecule has 36 heavy (non-hydrogen) atoms. The van der Waals surface area contributed by atoms with Crippen molar-refractivity contribution >= 4 is 29.0 Å². The minimum Gasteiger partial charge on any atom is -0.497 e. The fourth-order valence-electron chi connectivity index (χ4n) is 4.45. The number of amides is 3. The number of ether oxygens (including phenoxy) is 3. The zero-order chi connectivity index (χ0) is 25.3. The van der Waals surface area contributed by atoms with E-state index >= 15 is 0 Å². The summed E-state index contributed by atoms with van der Waals surface area (Å²) in [5.74, 6) is 0.984. The van der Waals surface area contributed by atoms with Crippen molar-refractivity contribution in [1.29, 1.82) is 0 Å². The second-order valence-electron chi connectivity index (χ2n) is 8.82. The van der Waals surface area contributed by atoms with Crippen molar-refractivity contribution in [2.45, 2.75) is 12.8 Å². The van der Waals surface area contributed by atoms with Crippen molar-refractivity contribution in [2.75, 3.05) is 82.2 Å². The molecule has 194 valence electrons. The molecule has 0 radical (unpaired) electrons. The van der Waals surface area contributed by atoms with E-state index in [0.29, 0.717) is 35.0 Å². The first-order chi connectivity index (χ1) is 17.6. The minimum absolute atomic E-state index is 0.147. The molecule has 4 rings (SSSR count). The molecule has 0 atom stereocenters. The van der Waals surface area contributed by atoms with Crippen LogP contribution in [0.2, 0.25) is 0 Å². The van der Waals surface area contributed by atoms with Gasteiger partial charge < -0.3 is 35.1 Å². The topological polar surface area (TPSA) is 104 Å². The van der Waals surface area contributed by atoms with Crippen LogP contribution in [-0.4, -0.2) is 83.5 Å². The van der Waals surface area contributed by atoms with Crippen molar-refractivity contribution in [3.05, 3.63) is 42.0 Å². The molecule has 3 N–H and O–H groups in total. The number of carbonyl (C=O) groups is 2. The lowest BCUT2D eigenvalue weighted by Crippen LogP contribution is -2.41. The number of hydrogen-bond acceptors (Lipinski definition) is 7. The predicted molar refractivity (Wildman–Crippen MR) is 140 cm³/mol. The van der Waals surface area contributed by atoms with Crippen LogP contribution in [-0.2, 0) is 4.74 Å². The number of methoxy groups -OCH3 is 2. The summed E-state index contributed by atoms with van der Waals surface area (Å²) in [5, 5.41) is 8.68. The van der Waals surface area contributed by atoms with Gasteiger partial charge in [0.2, 0.25) is 0 Å². The summed E-state index contributed by atoms with van der Waals surface area (Å²) in [4.78, 5) is 30.4. The first-order valence-electron chi connectivity index (χ1n) is 12.3. The van der Waals surface area contributed by atoms with Crippen LogP contribution in [0, 0.1) is 0 Å². The van der Waals surface area contributed by atoms with Gasteiger partial charge in [-0.2, -0.15) is 0 Å². The van der Waals surface area contributed by atoms with E-state index in [1.54, 1.807) is 38.5 Å². The lowest BCUT2D eigenvalue weighted by molar-refractivity contribution is 0.0383. The van der Waals surface area contributed by atoms with E-state index in [1.807, 2.05) is 12.1 Å². The maximum absolute atomic E-state index is 13.2. The molecular formula is C26H35N5O5. The molecule has 2 aromatic carbocycles. The van der Waals surface area contributed by atoms with E-state index in [0.717, 1.165) is 64.5 Å². The molecule has 2 fully saturated rings. The van der Waals surface area contributed by atoms with Gasteiger partial charge in [0.05, 0.1) is 33.0 Å². The molecule has 0 saturated carbocycles. The van der Waals surface area contributed by atoms with Gasteiger partial charge in [-0.25, -0.2) is 4.79 Å². The summed E-state index contributed by atoms with van der Waals surface area (Å²) in [6.45, 7) is 6.37.